The second-order valence-corrected chi connectivity index (χ2v) is 10.2. The molecule has 1 spiro atoms. The molecule has 1 aromatic carbocycles. The Balaban J connectivity index is 1.21. The summed E-state index contributed by atoms with van der Waals surface area (Å²) in [5.41, 5.74) is -0.558. The van der Waals surface area contributed by atoms with Gasteiger partial charge in [-0.05, 0) is 54.5 Å². The van der Waals surface area contributed by atoms with Gasteiger partial charge in [-0.15, -0.1) is 0 Å². The number of likely N-dealkylation sites (tertiary alicyclic amines) is 2. The maximum Gasteiger partial charge on any atom is 0.433 e. The molecule has 12 heteroatoms. The molecule has 2 aromatic rings. The van der Waals surface area contributed by atoms with Crippen LogP contribution in [0, 0.1) is 5.41 Å². The molecule has 2 saturated heterocycles. The van der Waals surface area contributed by atoms with E-state index in [0.29, 0.717) is 12.1 Å². The zero-order valence-electron chi connectivity index (χ0n) is 18.9. The lowest BCUT2D eigenvalue weighted by molar-refractivity contribution is -0.223. The monoisotopic (exact) mass is 532 g/mol. The molecule has 1 aliphatic carbocycles. The number of nitrogens with zero attached hydrogens (tertiary/aromatic N) is 3. The van der Waals surface area contributed by atoms with Crippen molar-refractivity contribution in [2.24, 2.45) is 5.41 Å². The summed E-state index contributed by atoms with van der Waals surface area (Å²) in [6.45, 7) is 1.61. The minimum Gasteiger partial charge on any atom is -0.328 e. The number of hydrogen-bond donors (Lipinski definition) is 1. The molecule has 5 nitrogen and oxygen atoms in total. The summed E-state index contributed by atoms with van der Waals surface area (Å²) in [7, 11) is 0. The molecule has 1 saturated carbocycles. The van der Waals surface area contributed by atoms with E-state index < -0.39 is 23.6 Å². The average molecular weight is 533 g/mol. The van der Waals surface area contributed by atoms with Crippen LogP contribution in [0.5, 0.6) is 0 Å². The van der Waals surface area contributed by atoms with Gasteiger partial charge in [0.25, 0.3) is 0 Å². The lowest BCUT2D eigenvalue weighted by Crippen LogP contribution is -2.78. The first kappa shape index (κ1) is 25.3. The van der Waals surface area contributed by atoms with Gasteiger partial charge in [0.1, 0.15) is 5.69 Å². The Kier molecular flexibility index (Phi) is 6.24. The highest BCUT2D eigenvalue weighted by Gasteiger charge is 2.63. The first-order valence-electron chi connectivity index (χ1n) is 11.5. The number of nitrogens with one attached hydrogen (secondary N) is 1. The van der Waals surface area contributed by atoms with Crippen molar-refractivity contribution in [2.75, 3.05) is 13.1 Å². The molecule has 0 bridgehead atoms. The number of amides is 1. The number of hydrogen-bond acceptors (Lipinski definition) is 4. The molecule has 1 amide bonds. The van der Waals surface area contributed by atoms with E-state index in [9.17, 15) is 31.1 Å². The standard InChI is InChI=1S/C24H23ClF6N4O/c25-18-7-17(23(26,27)28)3-1-15(18)11-33-20-5-6-35(20)21-22(12-34(21)13-36)8-16(9-22)14-2-4-19(32-10-14)24(29,30)31/h1-4,7,10,13,16,20-21,33H,5-6,8-9,11-12H2. The summed E-state index contributed by atoms with van der Waals surface area (Å²) in [5, 5.41) is 3.36. The fourth-order valence-electron chi connectivity index (χ4n) is 5.73. The molecule has 194 valence electrons. The summed E-state index contributed by atoms with van der Waals surface area (Å²) in [6.07, 6.45) is -4.77. The van der Waals surface area contributed by atoms with E-state index in [1.807, 2.05) is 0 Å². The van der Waals surface area contributed by atoms with Crippen LogP contribution < -0.4 is 5.32 Å². The molecule has 36 heavy (non-hydrogen) atoms. The summed E-state index contributed by atoms with van der Waals surface area (Å²) in [5.74, 6) is 0.0784. The van der Waals surface area contributed by atoms with E-state index in [-0.39, 0.29) is 35.2 Å². The van der Waals surface area contributed by atoms with Gasteiger partial charge >= 0.3 is 12.4 Å². The van der Waals surface area contributed by atoms with Crippen LogP contribution in [0.4, 0.5) is 26.3 Å². The van der Waals surface area contributed by atoms with Gasteiger partial charge in [-0.25, -0.2) is 0 Å². The van der Waals surface area contributed by atoms with Gasteiger partial charge in [-0.3, -0.25) is 20.0 Å². The molecule has 5 rings (SSSR count). The van der Waals surface area contributed by atoms with Crippen LogP contribution in [0.2, 0.25) is 5.02 Å². The number of rotatable bonds is 6. The summed E-state index contributed by atoms with van der Waals surface area (Å²) >= 11 is 6.07. The zero-order valence-corrected chi connectivity index (χ0v) is 19.7. The third kappa shape index (κ3) is 4.45. The normalized spacial score (nSPS) is 28.4. The summed E-state index contributed by atoms with van der Waals surface area (Å²) in [6, 6.07) is 5.74. The predicted octanol–water partition coefficient (Wildman–Crippen LogP) is 5.26. The third-order valence-electron chi connectivity index (χ3n) is 7.63. The van der Waals surface area contributed by atoms with Gasteiger partial charge in [0.2, 0.25) is 6.41 Å². The molecule has 3 fully saturated rings. The van der Waals surface area contributed by atoms with Crippen molar-refractivity contribution in [1.29, 1.82) is 0 Å². The van der Waals surface area contributed by atoms with E-state index in [0.717, 1.165) is 56.0 Å². The van der Waals surface area contributed by atoms with Gasteiger partial charge in [-0.2, -0.15) is 26.3 Å². The van der Waals surface area contributed by atoms with Crippen molar-refractivity contribution in [3.8, 4) is 0 Å². The Morgan fingerprint density at radius 2 is 1.86 bits per heavy atom. The van der Waals surface area contributed by atoms with Crippen LogP contribution in [0.1, 0.15) is 47.6 Å². The lowest BCUT2D eigenvalue weighted by atomic mass is 9.53. The molecular formula is C24H23ClF6N4O. The Bertz CT molecular complexity index is 1130. The van der Waals surface area contributed by atoms with Crippen molar-refractivity contribution < 1.29 is 31.1 Å². The largest absolute Gasteiger partial charge is 0.433 e. The van der Waals surface area contributed by atoms with Crippen LogP contribution in [-0.2, 0) is 23.7 Å². The SMILES string of the molecule is O=CN1CC2(CC(c3ccc(C(F)(F)F)nc3)C2)C1N1CCC1NCc1ccc(C(F)(F)F)cc1Cl. The molecular weight excluding hydrogens is 510 g/mol. The van der Waals surface area contributed by atoms with Gasteiger partial charge in [0.05, 0.1) is 17.9 Å². The van der Waals surface area contributed by atoms with Crippen molar-refractivity contribution in [1.82, 2.24) is 20.1 Å². The van der Waals surface area contributed by atoms with E-state index in [2.05, 4.69) is 15.2 Å². The number of aromatic nitrogens is 1. The topological polar surface area (TPSA) is 48.5 Å². The molecule has 1 N–H and O–H groups in total. The van der Waals surface area contributed by atoms with Gasteiger partial charge in [-0.1, -0.05) is 23.7 Å². The predicted molar refractivity (Wildman–Crippen MR) is 119 cm³/mol. The Morgan fingerprint density at radius 1 is 1.11 bits per heavy atom. The fourth-order valence-corrected chi connectivity index (χ4v) is 5.98. The van der Waals surface area contributed by atoms with Crippen LogP contribution in [0.3, 0.4) is 0 Å². The Morgan fingerprint density at radius 3 is 2.39 bits per heavy atom. The van der Waals surface area contributed by atoms with Crippen molar-refractivity contribution in [2.45, 2.75) is 56.4 Å². The molecule has 2 unspecified atom stereocenters. The number of benzene rings is 1. The fraction of sp³-hybridized carbons (Fsp3) is 0.500. The number of pyridine rings is 1. The molecule has 3 aliphatic rings. The molecule has 2 atom stereocenters. The lowest BCUT2D eigenvalue weighted by Gasteiger charge is -2.69. The molecule has 1 aromatic heterocycles. The second kappa shape index (κ2) is 8.88. The summed E-state index contributed by atoms with van der Waals surface area (Å²) in [4.78, 5) is 19.1. The number of halogens is 7. The Hall–Kier alpha value is -2.37. The van der Waals surface area contributed by atoms with Gasteiger partial charge in [0.15, 0.2) is 0 Å². The highest BCUT2D eigenvalue weighted by molar-refractivity contribution is 6.31. The molecule has 2 aliphatic heterocycles. The van der Waals surface area contributed by atoms with Crippen molar-refractivity contribution in [3.05, 3.63) is 63.9 Å². The zero-order chi connectivity index (χ0) is 25.9. The molecule has 0 radical (unpaired) electrons. The number of carbonyl (C=O) groups excluding carboxylic acids is 1. The minimum atomic E-state index is -4.48. The first-order chi connectivity index (χ1) is 16.9. The maximum absolute atomic E-state index is 12.9. The number of carbonyl (C=O) groups is 1. The second-order valence-electron chi connectivity index (χ2n) is 9.82. The van der Waals surface area contributed by atoms with Crippen molar-refractivity contribution in [3.63, 3.8) is 0 Å². The van der Waals surface area contributed by atoms with Crippen LogP contribution in [0.25, 0.3) is 0 Å². The minimum absolute atomic E-state index is 0.0322. The highest BCUT2D eigenvalue weighted by Crippen LogP contribution is 2.60. The first-order valence-corrected chi connectivity index (χ1v) is 11.9. The van der Waals surface area contributed by atoms with Gasteiger partial charge in [0, 0.05) is 36.3 Å². The molecule has 3 heterocycles. The van der Waals surface area contributed by atoms with Crippen molar-refractivity contribution >= 4 is 18.0 Å². The Labute approximate surface area is 208 Å². The maximum atomic E-state index is 12.9. The van der Waals surface area contributed by atoms with Gasteiger partial charge < -0.3 is 4.90 Å². The van der Waals surface area contributed by atoms with Crippen LogP contribution in [0.15, 0.2) is 36.5 Å². The van der Waals surface area contributed by atoms with Crippen LogP contribution >= 0.6 is 11.6 Å². The van der Waals surface area contributed by atoms with E-state index in [1.165, 1.54) is 18.3 Å². The smallest absolute Gasteiger partial charge is 0.328 e. The van der Waals surface area contributed by atoms with Crippen LogP contribution in [-0.4, -0.2) is 46.6 Å². The highest BCUT2D eigenvalue weighted by atomic mass is 35.5. The van der Waals surface area contributed by atoms with E-state index in [1.54, 1.807) is 4.90 Å². The quantitative estimate of drug-likeness (QED) is 0.407. The van der Waals surface area contributed by atoms with E-state index in [4.69, 9.17) is 11.6 Å². The van der Waals surface area contributed by atoms with E-state index >= 15 is 0 Å². The third-order valence-corrected chi connectivity index (χ3v) is 7.98. The number of alkyl halides is 6. The average Bonchev–Trinajstić information content (AvgIpc) is 2.75. The summed E-state index contributed by atoms with van der Waals surface area (Å²) < 4.78 is 77.1.